The van der Waals surface area contributed by atoms with Crippen molar-refractivity contribution in [3.63, 3.8) is 0 Å². The van der Waals surface area contributed by atoms with Crippen LogP contribution in [0.3, 0.4) is 0 Å². The van der Waals surface area contributed by atoms with E-state index in [1.165, 1.54) is 9.36 Å². The maximum Gasteiger partial charge on any atom is 0.353 e. The summed E-state index contributed by atoms with van der Waals surface area (Å²) in [5, 5.41) is 10.7. The Labute approximate surface area is 157 Å². The van der Waals surface area contributed by atoms with Gasteiger partial charge in [0, 0.05) is 6.61 Å². The summed E-state index contributed by atoms with van der Waals surface area (Å²) < 4.78 is 13.4. The summed E-state index contributed by atoms with van der Waals surface area (Å²) in [6, 6.07) is 7.98. The molecule has 2 bridgehead atoms. The molecule has 1 aromatic carbocycles. The number of aliphatic hydroxyl groups is 1. The van der Waals surface area contributed by atoms with Crippen molar-refractivity contribution in [2.75, 3.05) is 13.4 Å². The summed E-state index contributed by atoms with van der Waals surface area (Å²) in [7, 11) is 0. The number of halogens is 1. The second-order valence-corrected chi connectivity index (χ2v) is 7.43. The lowest BCUT2D eigenvalue weighted by Gasteiger charge is -2.47. The molecule has 2 aliphatic heterocycles. The molecule has 9 heteroatoms. The van der Waals surface area contributed by atoms with Crippen LogP contribution in [-0.2, 0) is 13.9 Å². The molecule has 1 N–H and O–H groups in total. The standard InChI is InChI=1S/C17H18BrN3O5/c1-2-25-10-26-14-13(22)12-8-9-17(14,18)21-16(24)19(15(23)20(12)21)11-6-4-3-5-7-11/h3-9,12-14,22H,2,10H2,1H3/t12-,13+,14+,17+/m1/s1. The lowest BCUT2D eigenvalue weighted by atomic mass is 9.90. The van der Waals surface area contributed by atoms with Gasteiger partial charge in [0.15, 0.2) is 4.45 Å². The quantitative estimate of drug-likeness (QED) is 0.331. The van der Waals surface area contributed by atoms with Gasteiger partial charge in [0.25, 0.3) is 0 Å². The molecule has 0 radical (unpaired) electrons. The number of ether oxygens (including phenoxy) is 2. The smallest absolute Gasteiger partial charge is 0.353 e. The Bertz CT molecular complexity index is 963. The monoisotopic (exact) mass is 423 g/mol. The second kappa shape index (κ2) is 6.34. The molecule has 3 aliphatic rings. The van der Waals surface area contributed by atoms with Gasteiger partial charge in [-0.2, -0.15) is 0 Å². The summed E-state index contributed by atoms with van der Waals surface area (Å²) in [6.07, 6.45) is 1.64. The van der Waals surface area contributed by atoms with Crippen LogP contribution in [0.1, 0.15) is 13.0 Å². The van der Waals surface area contributed by atoms with E-state index in [0.717, 1.165) is 4.57 Å². The van der Waals surface area contributed by atoms with Crippen LogP contribution in [0.2, 0.25) is 0 Å². The van der Waals surface area contributed by atoms with Crippen LogP contribution < -0.4 is 11.4 Å². The SMILES string of the molecule is CCOCO[C@H]1[C@@H](O)[C@H]2C=C[C@]1(Br)n1c(=O)n(-c3ccccc3)c(=O)n12. The Morgan fingerprint density at radius 2 is 1.96 bits per heavy atom. The first kappa shape index (κ1) is 17.5. The van der Waals surface area contributed by atoms with E-state index in [1.807, 2.05) is 6.92 Å². The average Bonchev–Trinajstić information content (AvgIpc) is 2.91. The molecule has 0 saturated heterocycles. The minimum Gasteiger partial charge on any atom is -0.388 e. The van der Waals surface area contributed by atoms with E-state index in [2.05, 4.69) is 15.9 Å². The molecule has 1 aromatic heterocycles. The normalized spacial score (nSPS) is 29.1. The van der Waals surface area contributed by atoms with Crippen LogP contribution in [0.25, 0.3) is 5.69 Å². The number of fused-ring (bicyclic) bond motifs is 1. The molecule has 2 aromatic rings. The van der Waals surface area contributed by atoms with Gasteiger partial charge in [-0.1, -0.05) is 40.2 Å². The van der Waals surface area contributed by atoms with Crippen molar-refractivity contribution in [2.24, 2.45) is 0 Å². The van der Waals surface area contributed by atoms with E-state index in [-0.39, 0.29) is 6.79 Å². The fraction of sp³-hybridized carbons (Fsp3) is 0.412. The minimum absolute atomic E-state index is 0.0233. The van der Waals surface area contributed by atoms with Crippen LogP contribution in [0.4, 0.5) is 0 Å². The lowest BCUT2D eigenvalue weighted by Crippen LogP contribution is -2.63. The molecular weight excluding hydrogens is 406 g/mol. The summed E-state index contributed by atoms with van der Waals surface area (Å²) in [5.74, 6) is 0. The predicted molar refractivity (Wildman–Crippen MR) is 96.7 cm³/mol. The number of nitrogens with zero attached hydrogens (tertiary/aromatic N) is 3. The highest BCUT2D eigenvalue weighted by atomic mass is 79.9. The molecule has 138 valence electrons. The van der Waals surface area contributed by atoms with Crippen molar-refractivity contribution in [1.29, 1.82) is 0 Å². The Morgan fingerprint density at radius 1 is 1.23 bits per heavy atom. The van der Waals surface area contributed by atoms with Gasteiger partial charge in [-0.05, 0) is 25.1 Å². The molecule has 3 heterocycles. The zero-order chi connectivity index (χ0) is 18.5. The fourth-order valence-electron chi connectivity index (χ4n) is 3.53. The molecule has 8 nitrogen and oxygen atoms in total. The molecule has 0 amide bonds. The summed E-state index contributed by atoms with van der Waals surface area (Å²) in [6.45, 7) is 2.27. The van der Waals surface area contributed by atoms with Crippen molar-refractivity contribution in [2.45, 2.75) is 29.6 Å². The van der Waals surface area contributed by atoms with Crippen molar-refractivity contribution < 1.29 is 14.6 Å². The first-order valence-electron chi connectivity index (χ1n) is 8.29. The Hall–Kier alpha value is -1.94. The molecule has 5 rings (SSSR count). The first-order valence-corrected chi connectivity index (χ1v) is 9.08. The Morgan fingerprint density at radius 3 is 2.65 bits per heavy atom. The topological polar surface area (TPSA) is 87.6 Å². The molecule has 26 heavy (non-hydrogen) atoms. The second-order valence-electron chi connectivity index (χ2n) is 6.16. The van der Waals surface area contributed by atoms with Gasteiger partial charge in [0.05, 0.1) is 5.69 Å². The Kier molecular flexibility index (Phi) is 4.26. The van der Waals surface area contributed by atoms with E-state index in [0.29, 0.717) is 12.3 Å². The minimum atomic E-state index is -1.19. The maximum absolute atomic E-state index is 13.1. The highest BCUT2D eigenvalue weighted by molar-refractivity contribution is 9.09. The van der Waals surface area contributed by atoms with Crippen molar-refractivity contribution in [3.8, 4) is 5.69 Å². The molecule has 0 spiro atoms. The van der Waals surface area contributed by atoms with Gasteiger partial charge >= 0.3 is 11.4 Å². The number of hydrogen-bond donors (Lipinski definition) is 1. The van der Waals surface area contributed by atoms with Crippen molar-refractivity contribution in [1.82, 2.24) is 13.9 Å². The van der Waals surface area contributed by atoms with E-state index in [9.17, 15) is 14.7 Å². The third kappa shape index (κ3) is 2.31. The van der Waals surface area contributed by atoms with Crippen LogP contribution in [0.15, 0.2) is 52.1 Å². The van der Waals surface area contributed by atoms with Gasteiger partial charge in [0.1, 0.15) is 25.0 Å². The predicted octanol–water partition coefficient (Wildman–Crippen LogP) is 0.713. The first-order chi connectivity index (χ1) is 12.5. The van der Waals surface area contributed by atoms with Crippen LogP contribution >= 0.6 is 15.9 Å². The van der Waals surface area contributed by atoms with Gasteiger partial charge in [0.2, 0.25) is 0 Å². The molecule has 0 unspecified atom stereocenters. The van der Waals surface area contributed by atoms with E-state index in [1.54, 1.807) is 42.5 Å². The zero-order valence-corrected chi connectivity index (χ0v) is 15.6. The van der Waals surface area contributed by atoms with Crippen molar-refractivity contribution in [3.05, 3.63) is 63.5 Å². The number of aliphatic hydroxyl groups excluding tert-OH is 1. The van der Waals surface area contributed by atoms with E-state index >= 15 is 0 Å². The third-order valence-corrected chi connectivity index (χ3v) is 5.77. The Balaban J connectivity index is 1.88. The molecular formula is C17H18BrN3O5. The van der Waals surface area contributed by atoms with Crippen LogP contribution in [-0.4, -0.2) is 44.6 Å². The molecule has 0 fully saturated rings. The number of aromatic nitrogens is 3. The number of hydrogen-bond acceptors (Lipinski definition) is 5. The van der Waals surface area contributed by atoms with Crippen molar-refractivity contribution >= 4 is 15.9 Å². The van der Waals surface area contributed by atoms with Gasteiger partial charge in [-0.25, -0.2) is 23.5 Å². The molecule has 4 atom stereocenters. The zero-order valence-electron chi connectivity index (χ0n) is 14.0. The van der Waals surface area contributed by atoms with Crippen LogP contribution in [0.5, 0.6) is 0 Å². The summed E-state index contributed by atoms with van der Waals surface area (Å²) in [4.78, 5) is 26.0. The average molecular weight is 424 g/mol. The lowest BCUT2D eigenvalue weighted by molar-refractivity contribution is -0.163. The number of alkyl halides is 1. The van der Waals surface area contributed by atoms with E-state index in [4.69, 9.17) is 9.47 Å². The summed E-state index contributed by atoms with van der Waals surface area (Å²) >= 11 is 3.52. The van der Waals surface area contributed by atoms with Gasteiger partial charge in [-0.3, -0.25) is 0 Å². The summed E-state index contributed by atoms with van der Waals surface area (Å²) in [5.41, 5.74) is -0.556. The van der Waals surface area contributed by atoms with Gasteiger partial charge in [-0.15, -0.1) is 0 Å². The van der Waals surface area contributed by atoms with E-state index < -0.39 is 34.1 Å². The molecule has 0 saturated carbocycles. The van der Waals surface area contributed by atoms with Gasteiger partial charge < -0.3 is 14.6 Å². The highest BCUT2D eigenvalue weighted by Crippen LogP contribution is 2.44. The highest BCUT2D eigenvalue weighted by Gasteiger charge is 2.55. The number of para-hydroxylation sites is 1. The van der Waals surface area contributed by atoms with Crippen LogP contribution in [0, 0.1) is 0 Å². The largest absolute Gasteiger partial charge is 0.388 e. The number of rotatable bonds is 5. The molecule has 1 aliphatic carbocycles. The fourth-order valence-corrected chi connectivity index (χ4v) is 4.40. The maximum atomic E-state index is 13.1. The number of benzene rings is 1. The third-order valence-electron chi connectivity index (χ3n) is 4.72.